The topological polar surface area (TPSA) is 116 Å². The van der Waals surface area contributed by atoms with Gasteiger partial charge in [-0.25, -0.2) is 9.59 Å². The zero-order valence-corrected chi connectivity index (χ0v) is 11.1. The fourth-order valence-electron chi connectivity index (χ4n) is 1.41. The van der Waals surface area contributed by atoms with Gasteiger partial charge in [0.05, 0.1) is 6.42 Å². The lowest BCUT2D eigenvalue weighted by Gasteiger charge is -2.13. The Morgan fingerprint density at radius 2 is 1.95 bits per heavy atom. The molecular weight excluding hydrogens is 288 g/mol. The minimum Gasteiger partial charge on any atom is -0.481 e. The fourth-order valence-corrected chi connectivity index (χ4v) is 1.63. The van der Waals surface area contributed by atoms with Gasteiger partial charge in [0.15, 0.2) is 0 Å². The van der Waals surface area contributed by atoms with Gasteiger partial charge < -0.3 is 20.8 Å². The van der Waals surface area contributed by atoms with Crippen LogP contribution >= 0.6 is 11.6 Å². The molecule has 7 nitrogen and oxygen atoms in total. The predicted molar refractivity (Wildman–Crippen MR) is 70.5 cm³/mol. The van der Waals surface area contributed by atoms with Gasteiger partial charge in [0.25, 0.3) is 0 Å². The van der Waals surface area contributed by atoms with Gasteiger partial charge in [0.1, 0.15) is 6.04 Å². The average Bonchev–Trinajstić information content (AvgIpc) is 2.35. The molecule has 0 aliphatic rings. The summed E-state index contributed by atoms with van der Waals surface area (Å²) in [5.41, 5.74) is 0.734. The second-order valence-corrected chi connectivity index (χ2v) is 4.38. The number of halogens is 1. The van der Waals surface area contributed by atoms with Crippen molar-refractivity contribution in [3.63, 3.8) is 0 Å². The van der Waals surface area contributed by atoms with Crippen LogP contribution in [0.3, 0.4) is 0 Å². The Morgan fingerprint density at radius 3 is 2.50 bits per heavy atom. The Morgan fingerprint density at radius 1 is 1.25 bits per heavy atom. The largest absolute Gasteiger partial charge is 0.481 e. The quantitative estimate of drug-likeness (QED) is 0.627. The molecule has 0 aliphatic heterocycles. The maximum atomic E-state index is 11.5. The molecule has 4 N–H and O–H groups in total. The molecule has 0 bridgehead atoms. The highest BCUT2D eigenvalue weighted by molar-refractivity contribution is 6.30. The number of nitrogens with one attached hydrogen (secondary N) is 2. The van der Waals surface area contributed by atoms with Gasteiger partial charge in [-0.2, -0.15) is 0 Å². The lowest BCUT2D eigenvalue weighted by atomic mass is 10.2. The van der Waals surface area contributed by atoms with E-state index in [2.05, 4.69) is 10.6 Å². The smallest absolute Gasteiger partial charge is 0.326 e. The van der Waals surface area contributed by atoms with Crippen LogP contribution in [-0.2, 0) is 16.1 Å². The average molecular weight is 301 g/mol. The molecule has 0 fully saturated rings. The van der Waals surface area contributed by atoms with E-state index in [1.165, 1.54) is 0 Å². The lowest BCUT2D eigenvalue weighted by Crippen LogP contribution is -2.46. The first kappa shape index (κ1) is 15.8. The molecule has 0 unspecified atom stereocenters. The van der Waals surface area contributed by atoms with Crippen LogP contribution in [0.2, 0.25) is 5.02 Å². The van der Waals surface area contributed by atoms with E-state index in [0.717, 1.165) is 5.56 Å². The number of carbonyl (C=O) groups excluding carboxylic acids is 1. The van der Waals surface area contributed by atoms with E-state index in [-0.39, 0.29) is 6.54 Å². The van der Waals surface area contributed by atoms with Gasteiger partial charge in [-0.15, -0.1) is 0 Å². The number of hydrogen-bond donors (Lipinski definition) is 4. The Balaban J connectivity index is 2.49. The minimum absolute atomic E-state index is 0.145. The molecule has 1 atom stereocenters. The van der Waals surface area contributed by atoms with Crippen molar-refractivity contribution in [1.82, 2.24) is 10.6 Å². The van der Waals surface area contributed by atoms with Crippen LogP contribution in [0.15, 0.2) is 24.3 Å². The molecule has 0 aromatic heterocycles. The molecule has 1 aromatic rings. The van der Waals surface area contributed by atoms with E-state index >= 15 is 0 Å². The van der Waals surface area contributed by atoms with Crippen molar-refractivity contribution >= 4 is 29.6 Å². The van der Waals surface area contributed by atoms with Crippen molar-refractivity contribution in [2.24, 2.45) is 0 Å². The first-order valence-electron chi connectivity index (χ1n) is 5.62. The summed E-state index contributed by atoms with van der Waals surface area (Å²) in [7, 11) is 0. The van der Waals surface area contributed by atoms with Crippen molar-refractivity contribution < 1.29 is 24.6 Å². The van der Waals surface area contributed by atoms with E-state index in [1.807, 2.05) is 0 Å². The third-order valence-electron chi connectivity index (χ3n) is 2.32. The normalized spacial score (nSPS) is 11.4. The number of carboxylic acids is 2. The number of rotatable bonds is 6. The standard InChI is InChI=1S/C12H13ClN2O5/c13-8-3-1-2-7(4-8)6-14-12(20)15-9(11(18)19)5-10(16)17/h1-4,9H,5-6H2,(H,16,17)(H,18,19)(H2,14,15,20)/t9-/m0/s1. The minimum atomic E-state index is -1.48. The molecule has 2 amide bonds. The number of urea groups is 1. The van der Waals surface area contributed by atoms with Crippen molar-refractivity contribution in [3.05, 3.63) is 34.9 Å². The SMILES string of the molecule is O=C(O)C[C@H](NC(=O)NCc1cccc(Cl)c1)C(=O)O. The van der Waals surface area contributed by atoms with Crippen LogP contribution < -0.4 is 10.6 Å². The summed E-state index contributed by atoms with van der Waals surface area (Å²) < 4.78 is 0. The number of aliphatic carboxylic acids is 2. The van der Waals surface area contributed by atoms with Crippen molar-refractivity contribution in [2.45, 2.75) is 19.0 Å². The number of carbonyl (C=O) groups is 3. The fraction of sp³-hybridized carbons (Fsp3) is 0.250. The molecule has 20 heavy (non-hydrogen) atoms. The van der Waals surface area contributed by atoms with Crippen molar-refractivity contribution in [2.75, 3.05) is 0 Å². The first-order chi connectivity index (χ1) is 9.38. The Hall–Kier alpha value is -2.28. The summed E-state index contributed by atoms with van der Waals surface area (Å²) in [6.07, 6.45) is -0.695. The Bertz CT molecular complexity index is 520. The number of amides is 2. The molecular formula is C12H13ClN2O5. The summed E-state index contributed by atoms with van der Waals surface area (Å²) in [5.74, 6) is -2.72. The number of hydrogen-bond acceptors (Lipinski definition) is 3. The molecule has 0 spiro atoms. The third kappa shape index (κ3) is 5.57. The second-order valence-electron chi connectivity index (χ2n) is 3.95. The maximum absolute atomic E-state index is 11.5. The van der Waals surface area contributed by atoms with Gasteiger partial charge in [-0.05, 0) is 17.7 Å². The van der Waals surface area contributed by atoms with Gasteiger partial charge in [-0.1, -0.05) is 23.7 Å². The van der Waals surface area contributed by atoms with Gasteiger partial charge >= 0.3 is 18.0 Å². The van der Waals surface area contributed by atoms with E-state index in [0.29, 0.717) is 5.02 Å². The molecule has 108 valence electrons. The monoisotopic (exact) mass is 300 g/mol. The first-order valence-corrected chi connectivity index (χ1v) is 5.99. The summed E-state index contributed by atoms with van der Waals surface area (Å²) in [6.45, 7) is 0.145. The highest BCUT2D eigenvalue weighted by atomic mass is 35.5. The van der Waals surface area contributed by atoms with Crippen LogP contribution in [-0.4, -0.2) is 34.2 Å². The molecule has 1 aromatic carbocycles. The second kappa shape index (κ2) is 7.34. The Kier molecular flexibility index (Phi) is 5.79. The van der Waals surface area contributed by atoms with E-state index in [9.17, 15) is 14.4 Å². The maximum Gasteiger partial charge on any atom is 0.326 e. The van der Waals surface area contributed by atoms with Crippen LogP contribution in [0.1, 0.15) is 12.0 Å². The highest BCUT2D eigenvalue weighted by Gasteiger charge is 2.22. The summed E-state index contributed by atoms with van der Waals surface area (Å²) in [4.78, 5) is 32.7. The Labute approximate surface area is 119 Å². The number of carboxylic acid groups (broad SMARTS) is 2. The van der Waals surface area contributed by atoms with Crippen LogP contribution in [0.4, 0.5) is 4.79 Å². The molecule has 0 radical (unpaired) electrons. The van der Waals surface area contributed by atoms with Crippen molar-refractivity contribution in [3.8, 4) is 0 Å². The molecule has 0 saturated carbocycles. The van der Waals surface area contributed by atoms with Gasteiger partial charge in [0.2, 0.25) is 0 Å². The summed E-state index contributed by atoms with van der Waals surface area (Å²) >= 11 is 5.77. The molecule has 8 heteroatoms. The number of benzene rings is 1. The van der Waals surface area contributed by atoms with Gasteiger partial charge in [-0.3, -0.25) is 4.79 Å². The highest BCUT2D eigenvalue weighted by Crippen LogP contribution is 2.10. The predicted octanol–water partition coefficient (Wildman–Crippen LogP) is 1.07. The third-order valence-corrected chi connectivity index (χ3v) is 2.56. The van der Waals surface area contributed by atoms with Crippen molar-refractivity contribution in [1.29, 1.82) is 0 Å². The molecule has 1 rings (SSSR count). The van der Waals surface area contributed by atoms with E-state index < -0.39 is 30.4 Å². The molecule has 0 heterocycles. The van der Waals surface area contributed by atoms with Crippen LogP contribution in [0.5, 0.6) is 0 Å². The van der Waals surface area contributed by atoms with Crippen LogP contribution in [0, 0.1) is 0 Å². The zero-order chi connectivity index (χ0) is 15.1. The lowest BCUT2D eigenvalue weighted by molar-refractivity contribution is -0.145. The van der Waals surface area contributed by atoms with Crippen LogP contribution in [0.25, 0.3) is 0 Å². The van der Waals surface area contributed by atoms with E-state index in [1.54, 1.807) is 24.3 Å². The molecule has 0 saturated heterocycles. The summed E-state index contributed by atoms with van der Waals surface area (Å²) in [5, 5.41) is 22.3. The van der Waals surface area contributed by atoms with E-state index in [4.69, 9.17) is 21.8 Å². The summed E-state index contributed by atoms with van der Waals surface area (Å²) in [6, 6.07) is 4.52. The molecule has 0 aliphatic carbocycles. The van der Waals surface area contributed by atoms with Gasteiger partial charge in [0, 0.05) is 11.6 Å². The zero-order valence-electron chi connectivity index (χ0n) is 10.3.